The fraction of sp³-hybridized carbons (Fsp3) is 0.500. The maximum absolute atomic E-state index is 12.8. The Bertz CT molecular complexity index is 665. The van der Waals surface area contributed by atoms with E-state index < -0.39 is 6.55 Å². The van der Waals surface area contributed by atoms with Crippen molar-refractivity contribution >= 4 is 17.3 Å². The quantitative estimate of drug-likeness (QED) is 0.592. The third-order valence-electron chi connectivity index (χ3n) is 3.37. The summed E-state index contributed by atoms with van der Waals surface area (Å²) in [5.41, 5.74) is 0. The van der Waals surface area contributed by atoms with Crippen molar-refractivity contribution in [3.63, 3.8) is 0 Å². The van der Waals surface area contributed by atoms with E-state index >= 15 is 0 Å². The van der Waals surface area contributed by atoms with Gasteiger partial charge in [-0.25, -0.2) is 9.98 Å². The average Bonchev–Trinajstić information content (AvgIpc) is 3.14. The number of guanidine groups is 1. The molecule has 0 saturated carbocycles. The van der Waals surface area contributed by atoms with E-state index in [2.05, 4.69) is 46.6 Å². The summed E-state index contributed by atoms with van der Waals surface area (Å²) in [6.07, 6.45) is 3.51. The summed E-state index contributed by atoms with van der Waals surface area (Å²) in [7, 11) is 0. The Morgan fingerprint density at radius 1 is 1.42 bits per heavy atom. The van der Waals surface area contributed by atoms with Gasteiger partial charge in [-0.3, -0.25) is 4.57 Å². The molecule has 0 spiro atoms. The molecule has 1 atom stereocenters. The van der Waals surface area contributed by atoms with Gasteiger partial charge in [-0.2, -0.15) is 8.78 Å². The van der Waals surface area contributed by atoms with Gasteiger partial charge in [0.1, 0.15) is 12.4 Å². The number of hydrogen-bond donors (Lipinski definition) is 2. The van der Waals surface area contributed by atoms with Crippen LogP contribution in [0.4, 0.5) is 8.78 Å². The molecule has 0 aliphatic rings. The lowest BCUT2D eigenvalue weighted by Gasteiger charge is -2.17. The lowest BCUT2D eigenvalue weighted by molar-refractivity contribution is 0.0671. The smallest absolute Gasteiger partial charge is 0.319 e. The van der Waals surface area contributed by atoms with Crippen LogP contribution in [0, 0.1) is 6.92 Å². The zero-order valence-corrected chi connectivity index (χ0v) is 14.9. The second kappa shape index (κ2) is 8.77. The van der Waals surface area contributed by atoms with E-state index in [1.165, 1.54) is 22.1 Å². The first-order valence-corrected chi connectivity index (χ1v) is 8.71. The van der Waals surface area contributed by atoms with Crippen molar-refractivity contribution in [1.29, 1.82) is 0 Å². The SMILES string of the molecule is CCNC(=NCc1nccn1C(F)F)NC(C)Cc1ccc(C)s1. The third-order valence-corrected chi connectivity index (χ3v) is 4.39. The van der Waals surface area contributed by atoms with Crippen LogP contribution < -0.4 is 10.6 Å². The molecule has 0 aliphatic carbocycles. The Morgan fingerprint density at radius 3 is 2.83 bits per heavy atom. The van der Waals surface area contributed by atoms with Crippen molar-refractivity contribution in [3.05, 3.63) is 40.1 Å². The zero-order valence-electron chi connectivity index (χ0n) is 14.1. The highest BCUT2D eigenvalue weighted by atomic mass is 32.1. The highest BCUT2D eigenvalue weighted by Gasteiger charge is 2.12. The normalized spacial score (nSPS) is 13.3. The minimum atomic E-state index is -2.60. The van der Waals surface area contributed by atoms with Crippen molar-refractivity contribution in [2.45, 2.75) is 46.3 Å². The number of alkyl halides is 2. The average molecular weight is 355 g/mol. The Balaban J connectivity index is 1.98. The van der Waals surface area contributed by atoms with E-state index in [4.69, 9.17) is 0 Å². The number of nitrogens with one attached hydrogen (secondary N) is 2. The lowest BCUT2D eigenvalue weighted by atomic mass is 10.2. The standard InChI is InChI=1S/C16H23F2N5S/c1-4-19-16(21-10-14-20-7-8-23(14)15(17)18)22-11(2)9-13-6-5-12(3)24-13/h5-8,11,15H,4,9-10H2,1-3H3,(H2,19,21,22). The van der Waals surface area contributed by atoms with Crippen LogP contribution in [0.25, 0.3) is 0 Å². The van der Waals surface area contributed by atoms with Gasteiger partial charge >= 0.3 is 6.55 Å². The van der Waals surface area contributed by atoms with Crippen LogP contribution in [0.15, 0.2) is 29.5 Å². The molecule has 2 aromatic rings. The van der Waals surface area contributed by atoms with Gasteiger partial charge in [-0.1, -0.05) is 0 Å². The van der Waals surface area contributed by atoms with Gasteiger partial charge in [0.2, 0.25) is 0 Å². The molecular weight excluding hydrogens is 332 g/mol. The molecule has 8 heteroatoms. The number of halogens is 2. The molecule has 0 aliphatic heterocycles. The zero-order chi connectivity index (χ0) is 17.5. The largest absolute Gasteiger partial charge is 0.357 e. The van der Waals surface area contributed by atoms with E-state index in [9.17, 15) is 8.78 Å². The lowest BCUT2D eigenvalue weighted by Crippen LogP contribution is -2.43. The first-order chi connectivity index (χ1) is 11.5. The summed E-state index contributed by atoms with van der Waals surface area (Å²) in [5, 5.41) is 6.44. The molecule has 2 N–H and O–H groups in total. The Kier molecular flexibility index (Phi) is 6.72. The Labute approximate surface area is 144 Å². The molecule has 5 nitrogen and oxygen atoms in total. The fourth-order valence-electron chi connectivity index (χ4n) is 2.29. The van der Waals surface area contributed by atoms with Crippen molar-refractivity contribution < 1.29 is 8.78 Å². The minimum Gasteiger partial charge on any atom is -0.357 e. The molecule has 24 heavy (non-hydrogen) atoms. The summed E-state index contributed by atoms with van der Waals surface area (Å²) in [4.78, 5) is 10.9. The van der Waals surface area contributed by atoms with Gasteiger partial charge in [0.05, 0.1) is 0 Å². The van der Waals surface area contributed by atoms with Crippen LogP contribution in [0.1, 0.15) is 36.0 Å². The molecule has 1 unspecified atom stereocenters. The first kappa shape index (κ1) is 18.4. The number of aryl methyl sites for hydroxylation is 1. The van der Waals surface area contributed by atoms with Crippen LogP contribution >= 0.6 is 11.3 Å². The Morgan fingerprint density at radius 2 is 2.21 bits per heavy atom. The van der Waals surface area contributed by atoms with Gasteiger partial charge in [0.25, 0.3) is 0 Å². The molecular formula is C16H23F2N5S. The predicted octanol–water partition coefficient (Wildman–Crippen LogP) is 3.33. The maximum atomic E-state index is 12.8. The second-order valence-corrected chi connectivity index (χ2v) is 6.86. The van der Waals surface area contributed by atoms with Crippen LogP contribution in [-0.4, -0.2) is 28.1 Å². The van der Waals surface area contributed by atoms with Crippen LogP contribution in [-0.2, 0) is 13.0 Å². The third kappa shape index (κ3) is 5.30. The molecule has 0 bridgehead atoms. The van der Waals surface area contributed by atoms with Crippen LogP contribution in [0.5, 0.6) is 0 Å². The van der Waals surface area contributed by atoms with Gasteiger partial charge in [-0.05, 0) is 32.9 Å². The molecule has 0 amide bonds. The second-order valence-electron chi connectivity index (χ2n) is 5.49. The van der Waals surface area contributed by atoms with Crippen LogP contribution in [0.2, 0.25) is 0 Å². The molecule has 2 heterocycles. The first-order valence-electron chi connectivity index (χ1n) is 7.89. The summed E-state index contributed by atoms with van der Waals surface area (Å²) in [5.74, 6) is 0.839. The highest BCUT2D eigenvalue weighted by Crippen LogP contribution is 2.16. The van der Waals surface area contributed by atoms with Crippen molar-refractivity contribution in [1.82, 2.24) is 20.2 Å². The molecule has 0 saturated heterocycles. The highest BCUT2D eigenvalue weighted by molar-refractivity contribution is 7.11. The summed E-state index contributed by atoms with van der Waals surface area (Å²) >= 11 is 1.78. The van der Waals surface area contributed by atoms with E-state index in [0.29, 0.717) is 12.5 Å². The molecule has 0 aromatic carbocycles. The summed E-state index contributed by atoms with van der Waals surface area (Å²) < 4.78 is 26.5. The van der Waals surface area contributed by atoms with Crippen molar-refractivity contribution in [3.8, 4) is 0 Å². The predicted molar refractivity (Wildman–Crippen MR) is 93.7 cm³/mol. The number of hydrogen-bond acceptors (Lipinski definition) is 3. The summed E-state index contributed by atoms with van der Waals surface area (Å²) in [6, 6.07) is 4.41. The minimum absolute atomic E-state index is 0.0947. The van der Waals surface area contributed by atoms with E-state index in [1.54, 1.807) is 11.3 Å². The van der Waals surface area contributed by atoms with E-state index in [1.807, 2.05) is 6.92 Å². The number of imidazole rings is 1. The molecule has 132 valence electrons. The number of nitrogens with zero attached hydrogens (tertiary/aromatic N) is 3. The number of aromatic nitrogens is 2. The topological polar surface area (TPSA) is 54.2 Å². The van der Waals surface area contributed by atoms with Crippen LogP contribution in [0.3, 0.4) is 0 Å². The fourth-order valence-corrected chi connectivity index (χ4v) is 3.31. The van der Waals surface area contributed by atoms with Gasteiger partial charge < -0.3 is 10.6 Å². The van der Waals surface area contributed by atoms with Crippen molar-refractivity contribution in [2.75, 3.05) is 6.54 Å². The molecule has 2 rings (SSSR count). The molecule has 2 aromatic heterocycles. The number of thiophene rings is 1. The maximum Gasteiger partial charge on any atom is 0.319 e. The number of aliphatic imine (C=N–C) groups is 1. The van der Waals surface area contributed by atoms with Gasteiger partial charge in [-0.15, -0.1) is 11.3 Å². The van der Waals surface area contributed by atoms with Crippen molar-refractivity contribution in [2.24, 2.45) is 4.99 Å². The summed E-state index contributed by atoms with van der Waals surface area (Å²) in [6.45, 7) is 4.31. The van der Waals surface area contributed by atoms with Gasteiger partial charge in [0.15, 0.2) is 5.96 Å². The van der Waals surface area contributed by atoms with E-state index in [-0.39, 0.29) is 18.4 Å². The van der Waals surface area contributed by atoms with Gasteiger partial charge in [0, 0.05) is 41.2 Å². The molecule has 0 radical (unpaired) electrons. The van der Waals surface area contributed by atoms with E-state index in [0.717, 1.165) is 11.0 Å². The monoisotopic (exact) mass is 355 g/mol. The molecule has 0 fully saturated rings. The Hall–Kier alpha value is -1.96. The number of rotatable bonds is 7.